The minimum Gasteiger partial charge on any atom is -0.339 e. The first-order valence-electron chi connectivity index (χ1n) is 6.13. The van der Waals surface area contributed by atoms with Gasteiger partial charge in [0.05, 0.1) is 4.92 Å². The molecule has 1 aromatic rings. The Kier molecular flexibility index (Phi) is 5.30. The van der Waals surface area contributed by atoms with Crippen LogP contribution in [0.2, 0.25) is 0 Å². The number of rotatable bonds is 6. The van der Waals surface area contributed by atoms with Crippen LogP contribution in [0.1, 0.15) is 37.0 Å². The molecule has 0 atom stereocenters. The zero-order chi connectivity index (χ0) is 13.5. The number of amides is 1. The van der Waals surface area contributed by atoms with Crippen LogP contribution in [0, 0.1) is 10.1 Å². The van der Waals surface area contributed by atoms with Gasteiger partial charge in [0.15, 0.2) is 0 Å². The fourth-order valence-electron chi connectivity index (χ4n) is 1.76. The first-order valence-corrected chi connectivity index (χ1v) is 6.13. The van der Waals surface area contributed by atoms with Gasteiger partial charge in [0.1, 0.15) is 0 Å². The quantitative estimate of drug-likeness (QED) is 0.576. The maximum Gasteiger partial charge on any atom is 0.269 e. The van der Waals surface area contributed by atoms with Crippen molar-refractivity contribution in [1.29, 1.82) is 0 Å². The molecule has 0 heterocycles. The molecule has 0 aliphatic carbocycles. The average molecular weight is 250 g/mol. The molecule has 0 N–H and O–H groups in total. The molecule has 1 amide bonds. The Morgan fingerprint density at radius 2 is 1.67 bits per heavy atom. The summed E-state index contributed by atoms with van der Waals surface area (Å²) in [6.45, 7) is 5.46. The second-order valence-electron chi connectivity index (χ2n) is 4.10. The van der Waals surface area contributed by atoms with E-state index < -0.39 is 4.92 Å². The lowest BCUT2D eigenvalue weighted by molar-refractivity contribution is -0.384. The van der Waals surface area contributed by atoms with Crippen molar-refractivity contribution in [1.82, 2.24) is 4.90 Å². The number of nitro groups is 1. The molecule has 0 fully saturated rings. The van der Waals surface area contributed by atoms with Crippen molar-refractivity contribution in [3.05, 3.63) is 39.9 Å². The van der Waals surface area contributed by atoms with Crippen molar-refractivity contribution in [2.24, 2.45) is 0 Å². The summed E-state index contributed by atoms with van der Waals surface area (Å²) in [5.41, 5.74) is 0.506. The lowest BCUT2D eigenvalue weighted by atomic mass is 10.1. The Bertz CT molecular complexity index is 409. The predicted molar refractivity (Wildman–Crippen MR) is 69.6 cm³/mol. The Labute approximate surface area is 107 Å². The Morgan fingerprint density at radius 1 is 1.17 bits per heavy atom. The number of carbonyl (C=O) groups excluding carboxylic acids is 1. The van der Waals surface area contributed by atoms with E-state index in [4.69, 9.17) is 0 Å². The zero-order valence-corrected chi connectivity index (χ0v) is 10.8. The second kappa shape index (κ2) is 6.74. The lowest BCUT2D eigenvalue weighted by Gasteiger charge is -2.21. The van der Waals surface area contributed by atoms with Crippen molar-refractivity contribution in [3.8, 4) is 0 Å². The summed E-state index contributed by atoms with van der Waals surface area (Å²) in [5, 5.41) is 10.5. The largest absolute Gasteiger partial charge is 0.339 e. The van der Waals surface area contributed by atoms with Crippen LogP contribution in [-0.4, -0.2) is 28.8 Å². The van der Waals surface area contributed by atoms with Crippen molar-refractivity contribution in [2.45, 2.75) is 26.7 Å². The fourth-order valence-corrected chi connectivity index (χ4v) is 1.76. The molecular weight excluding hydrogens is 232 g/mol. The first-order chi connectivity index (χ1) is 8.60. The molecule has 0 aromatic heterocycles. The second-order valence-corrected chi connectivity index (χ2v) is 4.10. The van der Waals surface area contributed by atoms with Gasteiger partial charge in [-0.15, -0.1) is 0 Å². The smallest absolute Gasteiger partial charge is 0.269 e. The van der Waals surface area contributed by atoms with Crippen LogP contribution in [0.15, 0.2) is 24.3 Å². The summed E-state index contributed by atoms with van der Waals surface area (Å²) in [7, 11) is 0. The SMILES string of the molecule is CCCN(CCC)C(=O)c1ccc([N+](=O)[O-])cc1. The third-order valence-corrected chi connectivity index (χ3v) is 2.60. The molecule has 0 spiro atoms. The molecule has 0 unspecified atom stereocenters. The van der Waals surface area contributed by atoms with E-state index in [0.29, 0.717) is 18.7 Å². The summed E-state index contributed by atoms with van der Waals surface area (Å²) in [6.07, 6.45) is 1.80. The highest BCUT2D eigenvalue weighted by molar-refractivity contribution is 5.94. The van der Waals surface area contributed by atoms with Gasteiger partial charge < -0.3 is 4.90 Å². The Hall–Kier alpha value is -1.91. The molecular formula is C13H18N2O3. The van der Waals surface area contributed by atoms with Gasteiger partial charge in [0.2, 0.25) is 0 Å². The predicted octanol–water partition coefficient (Wildman–Crippen LogP) is 2.86. The molecule has 98 valence electrons. The number of hydrogen-bond donors (Lipinski definition) is 0. The van der Waals surface area contributed by atoms with E-state index in [0.717, 1.165) is 12.8 Å². The van der Waals surface area contributed by atoms with Gasteiger partial charge in [-0.25, -0.2) is 0 Å². The van der Waals surface area contributed by atoms with Crippen LogP contribution in [0.25, 0.3) is 0 Å². The Balaban J connectivity index is 2.84. The molecule has 0 aliphatic heterocycles. The summed E-state index contributed by atoms with van der Waals surface area (Å²) < 4.78 is 0. The van der Waals surface area contributed by atoms with Gasteiger partial charge in [0.25, 0.3) is 11.6 Å². The normalized spacial score (nSPS) is 10.1. The molecule has 5 heteroatoms. The van der Waals surface area contributed by atoms with Crippen LogP contribution in [0.5, 0.6) is 0 Å². The summed E-state index contributed by atoms with van der Waals surface area (Å²) in [6, 6.07) is 5.75. The van der Waals surface area contributed by atoms with Gasteiger partial charge in [-0.05, 0) is 25.0 Å². The third-order valence-electron chi connectivity index (χ3n) is 2.60. The average Bonchev–Trinajstić information content (AvgIpc) is 2.38. The van der Waals surface area contributed by atoms with Crippen LogP contribution in [-0.2, 0) is 0 Å². The minimum absolute atomic E-state index is 0.00378. The summed E-state index contributed by atoms with van der Waals surface area (Å²) in [4.78, 5) is 24.0. The molecule has 0 radical (unpaired) electrons. The first kappa shape index (κ1) is 14.2. The molecule has 1 aromatic carbocycles. The maximum atomic E-state index is 12.2. The van der Waals surface area contributed by atoms with E-state index in [1.54, 1.807) is 4.90 Å². The number of carbonyl (C=O) groups is 1. The topological polar surface area (TPSA) is 63.5 Å². The van der Waals surface area contributed by atoms with Crippen LogP contribution >= 0.6 is 0 Å². The lowest BCUT2D eigenvalue weighted by Crippen LogP contribution is -2.32. The monoisotopic (exact) mass is 250 g/mol. The summed E-state index contributed by atoms with van der Waals surface area (Å²) in [5.74, 6) is -0.0615. The molecule has 0 aliphatic rings. The zero-order valence-electron chi connectivity index (χ0n) is 10.8. The van der Waals surface area contributed by atoms with Crippen molar-refractivity contribution in [2.75, 3.05) is 13.1 Å². The van der Waals surface area contributed by atoms with Gasteiger partial charge in [-0.3, -0.25) is 14.9 Å². The molecule has 18 heavy (non-hydrogen) atoms. The van der Waals surface area contributed by atoms with Gasteiger partial charge in [-0.1, -0.05) is 13.8 Å². The fraction of sp³-hybridized carbons (Fsp3) is 0.462. The summed E-state index contributed by atoms with van der Waals surface area (Å²) >= 11 is 0. The number of benzene rings is 1. The minimum atomic E-state index is -0.468. The van der Waals surface area contributed by atoms with Gasteiger partial charge in [0, 0.05) is 30.8 Å². The standard InChI is InChI=1S/C13H18N2O3/c1-3-9-14(10-4-2)13(16)11-5-7-12(8-6-11)15(17)18/h5-8H,3-4,9-10H2,1-2H3. The van der Waals surface area contributed by atoms with E-state index in [9.17, 15) is 14.9 Å². The van der Waals surface area contributed by atoms with E-state index >= 15 is 0 Å². The maximum absolute atomic E-state index is 12.2. The highest BCUT2D eigenvalue weighted by atomic mass is 16.6. The third kappa shape index (κ3) is 3.55. The van der Waals surface area contributed by atoms with E-state index in [1.807, 2.05) is 13.8 Å². The molecule has 5 nitrogen and oxygen atoms in total. The highest BCUT2D eigenvalue weighted by Crippen LogP contribution is 2.14. The molecule has 0 bridgehead atoms. The van der Waals surface area contributed by atoms with Crippen LogP contribution in [0.4, 0.5) is 5.69 Å². The van der Waals surface area contributed by atoms with Crippen molar-refractivity contribution >= 4 is 11.6 Å². The highest BCUT2D eigenvalue weighted by Gasteiger charge is 2.15. The molecule has 0 saturated heterocycles. The van der Waals surface area contributed by atoms with Crippen molar-refractivity contribution in [3.63, 3.8) is 0 Å². The van der Waals surface area contributed by atoms with E-state index in [2.05, 4.69) is 0 Å². The molecule has 1 rings (SSSR count). The molecule has 0 saturated carbocycles. The van der Waals surface area contributed by atoms with Crippen LogP contribution in [0.3, 0.4) is 0 Å². The number of nitro benzene ring substituents is 1. The number of non-ortho nitro benzene ring substituents is 1. The van der Waals surface area contributed by atoms with Crippen molar-refractivity contribution < 1.29 is 9.72 Å². The Morgan fingerprint density at radius 3 is 2.06 bits per heavy atom. The van der Waals surface area contributed by atoms with E-state index in [-0.39, 0.29) is 11.6 Å². The van der Waals surface area contributed by atoms with Gasteiger partial charge in [-0.2, -0.15) is 0 Å². The number of hydrogen-bond acceptors (Lipinski definition) is 3. The number of nitrogens with zero attached hydrogens (tertiary/aromatic N) is 2. The van der Waals surface area contributed by atoms with E-state index in [1.165, 1.54) is 24.3 Å². The van der Waals surface area contributed by atoms with Gasteiger partial charge >= 0.3 is 0 Å². The van der Waals surface area contributed by atoms with Crippen LogP contribution < -0.4 is 0 Å².